The second-order valence-corrected chi connectivity index (χ2v) is 7.42. The standard InChI is InChI=1S/C24H29N3/c1-25-21-12-6-18(7-13-21)24(19-8-14-22(15-9-19)26(2)3)20-10-16-23(17-11-20)27(4)5/h6-17,22,25H,1-5H3/p+1. The Bertz CT molecular complexity index is 838. The van der Waals surface area contributed by atoms with Crippen LogP contribution in [-0.2, 0) is 0 Å². The lowest BCUT2D eigenvalue weighted by Crippen LogP contribution is -3.09. The third-order valence-corrected chi connectivity index (χ3v) is 5.06. The van der Waals surface area contributed by atoms with E-state index in [1.54, 1.807) is 0 Å². The minimum atomic E-state index is 0.429. The van der Waals surface area contributed by atoms with Gasteiger partial charge in [0, 0.05) is 32.5 Å². The first-order valence-corrected chi connectivity index (χ1v) is 9.46. The van der Waals surface area contributed by atoms with Crippen molar-refractivity contribution in [3.63, 3.8) is 0 Å². The Morgan fingerprint density at radius 2 is 1.37 bits per heavy atom. The summed E-state index contributed by atoms with van der Waals surface area (Å²) in [6.07, 6.45) is 9.11. The Morgan fingerprint density at radius 3 is 1.81 bits per heavy atom. The van der Waals surface area contributed by atoms with Crippen LogP contribution in [-0.4, -0.2) is 41.3 Å². The van der Waals surface area contributed by atoms with E-state index in [1.165, 1.54) is 32.9 Å². The van der Waals surface area contributed by atoms with Gasteiger partial charge in [0.2, 0.25) is 0 Å². The average molecular weight is 361 g/mol. The van der Waals surface area contributed by atoms with Crippen LogP contribution >= 0.6 is 0 Å². The van der Waals surface area contributed by atoms with Gasteiger partial charge in [0.1, 0.15) is 6.04 Å². The van der Waals surface area contributed by atoms with Gasteiger partial charge in [0.05, 0.1) is 14.1 Å². The van der Waals surface area contributed by atoms with Crippen LogP contribution in [0.25, 0.3) is 5.57 Å². The van der Waals surface area contributed by atoms with Gasteiger partial charge in [-0.1, -0.05) is 36.4 Å². The van der Waals surface area contributed by atoms with Gasteiger partial charge in [-0.2, -0.15) is 0 Å². The van der Waals surface area contributed by atoms with Gasteiger partial charge < -0.3 is 15.1 Å². The molecule has 0 saturated carbocycles. The molecule has 0 atom stereocenters. The lowest BCUT2D eigenvalue weighted by molar-refractivity contribution is -0.871. The van der Waals surface area contributed by atoms with E-state index in [9.17, 15) is 0 Å². The largest absolute Gasteiger partial charge is 0.388 e. The fourth-order valence-electron chi connectivity index (χ4n) is 3.32. The Labute approximate surface area is 163 Å². The molecule has 0 aromatic heterocycles. The fraction of sp³-hybridized carbons (Fsp3) is 0.250. The summed E-state index contributed by atoms with van der Waals surface area (Å²) in [7, 11) is 10.5. The van der Waals surface area contributed by atoms with Crippen molar-refractivity contribution < 1.29 is 4.90 Å². The van der Waals surface area contributed by atoms with E-state index in [4.69, 9.17) is 0 Å². The van der Waals surface area contributed by atoms with Gasteiger partial charge in [-0.25, -0.2) is 0 Å². The zero-order chi connectivity index (χ0) is 19.4. The van der Waals surface area contributed by atoms with E-state index in [1.807, 2.05) is 7.05 Å². The SMILES string of the molecule is CNc1ccc(C(=C2C=CC([NH+](C)C)C=C2)c2ccc(N(C)C)cc2)cc1. The van der Waals surface area contributed by atoms with Crippen LogP contribution in [0, 0.1) is 0 Å². The number of hydrogen-bond donors (Lipinski definition) is 2. The number of anilines is 2. The minimum Gasteiger partial charge on any atom is -0.388 e. The second kappa shape index (κ2) is 8.28. The lowest BCUT2D eigenvalue weighted by atomic mass is 9.90. The van der Waals surface area contributed by atoms with Gasteiger partial charge in [-0.05, 0) is 58.7 Å². The van der Waals surface area contributed by atoms with E-state index in [0.717, 1.165) is 5.69 Å². The van der Waals surface area contributed by atoms with E-state index in [2.05, 4.69) is 111 Å². The van der Waals surface area contributed by atoms with Gasteiger partial charge >= 0.3 is 0 Å². The van der Waals surface area contributed by atoms with Crippen molar-refractivity contribution in [1.29, 1.82) is 0 Å². The maximum Gasteiger partial charge on any atom is 0.125 e. The molecular weight excluding hydrogens is 330 g/mol. The normalized spacial score (nSPS) is 15.9. The zero-order valence-electron chi connectivity index (χ0n) is 17.0. The monoisotopic (exact) mass is 360 g/mol. The highest BCUT2D eigenvalue weighted by molar-refractivity contribution is 5.86. The Kier molecular flexibility index (Phi) is 5.82. The molecule has 2 N–H and O–H groups in total. The predicted octanol–water partition coefficient (Wildman–Crippen LogP) is 3.24. The lowest BCUT2D eigenvalue weighted by Gasteiger charge is -2.20. The number of hydrogen-bond acceptors (Lipinski definition) is 2. The molecule has 0 saturated heterocycles. The topological polar surface area (TPSA) is 19.7 Å². The Hall–Kier alpha value is -2.78. The van der Waals surface area contributed by atoms with Crippen LogP contribution in [0.4, 0.5) is 11.4 Å². The van der Waals surface area contributed by atoms with Gasteiger partial charge in [-0.15, -0.1) is 0 Å². The first-order chi connectivity index (χ1) is 13.0. The molecule has 3 rings (SSSR count). The van der Waals surface area contributed by atoms with Crippen LogP contribution < -0.4 is 15.1 Å². The number of allylic oxidation sites excluding steroid dienone is 3. The number of benzene rings is 2. The molecule has 0 spiro atoms. The van der Waals surface area contributed by atoms with Crippen molar-refractivity contribution in [2.24, 2.45) is 0 Å². The Balaban J connectivity index is 2.08. The van der Waals surface area contributed by atoms with Gasteiger partial charge in [0.15, 0.2) is 0 Å². The molecular formula is C24H30N3+. The summed E-state index contributed by atoms with van der Waals surface area (Å²) in [6.45, 7) is 0. The van der Waals surface area contributed by atoms with Gasteiger partial charge in [0.25, 0.3) is 0 Å². The number of quaternary nitrogens is 1. The molecule has 0 amide bonds. The number of likely N-dealkylation sites (N-methyl/N-ethyl adjacent to an activating group) is 1. The van der Waals surface area contributed by atoms with Crippen molar-refractivity contribution in [3.05, 3.63) is 89.5 Å². The smallest absolute Gasteiger partial charge is 0.125 e. The first-order valence-electron chi connectivity index (χ1n) is 9.46. The Morgan fingerprint density at radius 1 is 0.852 bits per heavy atom. The summed E-state index contributed by atoms with van der Waals surface area (Å²) < 4.78 is 0. The van der Waals surface area contributed by atoms with Crippen LogP contribution in [0.2, 0.25) is 0 Å². The molecule has 0 unspecified atom stereocenters. The molecule has 2 aromatic rings. The second-order valence-electron chi connectivity index (χ2n) is 7.42. The van der Waals surface area contributed by atoms with Crippen LogP contribution in [0.5, 0.6) is 0 Å². The highest BCUT2D eigenvalue weighted by Crippen LogP contribution is 2.31. The molecule has 3 heteroatoms. The highest BCUT2D eigenvalue weighted by Gasteiger charge is 2.15. The molecule has 140 valence electrons. The van der Waals surface area contributed by atoms with Crippen molar-refractivity contribution in [3.8, 4) is 0 Å². The summed E-state index contributed by atoms with van der Waals surface area (Å²) in [4.78, 5) is 3.54. The molecule has 1 aliphatic rings. The summed E-state index contributed by atoms with van der Waals surface area (Å²) in [5.74, 6) is 0. The van der Waals surface area contributed by atoms with Crippen LogP contribution in [0.1, 0.15) is 11.1 Å². The van der Waals surface area contributed by atoms with Crippen LogP contribution in [0.15, 0.2) is 78.4 Å². The predicted molar refractivity (Wildman–Crippen MR) is 118 cm³/mol. The van der Waals surface area contributed by atoms with Gasteiger partial charge in [-0.3, -0.25) is 0 Å². The number of nitrogens with one attached hydrogen (secondary N) is 2. The number of rotatable bonds is 5. The van der Waals surface area contributed by atoms with Crippen molar-refractivity contribution in [2.45, 2.75) is 6.04 Å². The summed E-state index contributed by atoms with van der Waals surface area (Å²) in [5, 5.41) is 3.20. The molecule has 27 heavy (non-hydrogen) atoms. The summed E-state index contributed by atoms with van der Waals surface area (Å²) in [5.41, 5.74) is 7.31. The van der Waals surface area contributed by atoms with Crippen molar-refractivity contribution in [1.82, 2.24) is 0 Å². The molecule has 1 aliphatic carbocycles. The number of nitrogens with zero attached hydrogens (tertiary/aromatic N) is 1. The van der Waals surface area contributed by atoms with Crippen molar-refractivity contribution >= 4 is 16.9 Å². The summed E-state index contributed by atoms with van der Waals surface area (Å²) in [6, 6.07) is 17.9. The van der Waals surface area contributed by atoms with Crippen LogP contribution in [0.3, 0.4) is 0 Å². The third-order valence-electron chi connectivity index (χ3n) is 5.06. The summed E-state index contributed by atoms with van der Waals surface area (Å²) >= 11 is 0. The molecule has 0 bridgehead atoms. The van der Waals surface area contributed by atoms with E-state index >= 15 is 0 Å². The fourth-order valence-corrected chi connectivity index (χ4v) is 3.32. The molecule has 2 aromatic carbocycles. The average Bonchev–Trinajstić information content (AvgIpc) is 2.69. The maximum absolute atomic E-state index is 3.20. The molecule has 0 radical (unpaired) electrons. The molecule has 3 nitrogen and oxygen atoms in total. The quantitative estimate of drug-likeness (QED) is 0.853. The van der Waals surface area contributed by atoms with E-state index in [0.29, 0.717) is 6.04 Å². The maximum atomic E-state index is 3.20. The first kappa shape index (κ1) is 19.0. The van der Waals surface area contributed by atoms with E-state index < -0.39 is 0 Å². The molecule has 0 aliphatic heterocycles. The van der Waals surface area contributed by atoms with Crippen molar-refractivity contribution in [2.75, 3.05) is 45.5 Å². The highest BCUT2D eigenvalue weighted by atomic mass is 15.1. The third kappa shape index (κ3) is 4.32. The van der Waals surface area contributed by atoms with E-state index in [-0.39, 0.29) is 0 Å². The zero-order valence-corrected chi connectivity index (χ0v) is 17.0. The minimum absolute atomic E-state index is 0.429. The molecule has 0 heterocycles. The molecule has 0 fully saturated rings.